The minimum absolute atomic E-state index is 0.406. The molecule has 2 aliphatic heterocycles. The van der Waals surface area contributed by atoms with Gasteiger partial charge < -0.3 is 15.0 Å². The van der Waals surface area contributed by atoms with E-state index in [4.69, 9.17) is 0 Å². The maximum absolute atomic E-state index is 11.2. The van der Waals surface area contributed by atoms with Gasteiger partial charge in [-0.05, 0) is 28.1 Å². The van der Waals surface area contributed by atoms with Gasteiger partial charge in [0, 0.05) is 40.8 Å². The van der Waals surface area contributed by atoms with Crippen LogP contribution in [0.5, 0.6) is 0 Å². The van der Waals surface area contributed by atoms with Gasteiger partial charge in [-0.25, -0.2) is 0 Å². The van der Waals surface area contributed by atoms with Crippen molar-refractivity contribution in [2.45, 2.75) is 6.54 Å². The van der Waals surface area contributed by atoms with Gasteiger partial charge in [-0.2, -0.15) is 0 Å². The summed E-state index contributed by atoms with van der Waals surface area (Å²) < 4.78 is 0.993. The number of hydrogen-bond donors (Lipinski definition) is 2. The zero-order chi connectivity index (χ0) is 13.1. The number of carbonyl (C=O) groups is 1. The standard InChI is InChI=1S/C14H11BrN2O2/c15-13-9-6-17-5-7(14(18)19)4-11(17)8-2-1-3-10(16-13)12(8)9/h1-4,7,16H,5-6H2,(H,18,19). The molecule has 0 amide bonds. The number of carboxylic acid groups (broad SMARTS) is 1. The highest BCUT2D eigenvalue weighted by molar-refractivity contribution is 9.10. The highest BCUT2D eigenvalue weighted by Crippen LogP contribution is 2.42. The molecule has 0 aliphatic carbocycles. The summed E-state index contributed by atoms with van der Waals surface area (Å²) >= 11 is 3.56. The molecular weight excluding hydrogens is 308 g/mol. The van der Waals surface area contributed by atoms with Crippen LogP contribution in [0.4, 0.5) is 0 Å². The summed E-state index contributed by atoms with van der Waals surface area (Å²) in [6, 6.07) is 6.12. The van der Waals surface area contributed by atoms with E-state index in [1.165, 1.54) is 10.9 Å². The van der Waals surface area contributed by atoms with E-state index in [2.05, 4.69) is 31.9 Å². The molecule has 2 aromatic rings. The van der Waals surface area contributed by atoms with Crippen LogP contribution in [0.25, 0.3) is 16.6 Å². The second kappa shape index (κ2) is 3.63. The fraction of sp³-hybridized carbons (Fsp3) is 0.214. The van der Waals surface area contributed by atoms with E-state index < -0.39 is 11.9 Å². The van der Waals surface area contributed by atoms with Crippen molar-refractivity contribution < 1.29 is 9.90 Å². The Hall–Kier alpha value is -1.75. The number of H-pyrrole nitrogens is 1. The normalized spacial score (nSPS) is 20.6. The number of nitrogens with zero attached hydrogens (tertiary/aromatic N) is 1. The monoisotopic (exact) mass is 318 g/mol. The lowest BCUT2D eigenvalue weighted by atomic mass is 9.99. The van der Waals surface area contributed by atoms with Crippen molar-refractivity contribution in [3.05, 3.63) is 40.0 Å². The van der Waals surface area contributed by atoms with Gasteiger partial charge in [-0.1, -0.05) is 12.1 Å². The van der Waals surface area contributed by atoms with Crippen LogP contribution in [0, 0.1) is 5.92 Å². The molecule has 3 heterocycles. The maximum Gasteiger partial charge on any atom is 0.312 e. The third-order valence-corrected chi connectivity index (χ3v) is 4.61. The van der Waals surface area contributed by atoms with Gasteiger partial charge in [0.1, 0.15) is 0 Å². The fourth-order valence-corrected chi connectivity index (χ4v) is 3.62. The summed E-state index contributed by atoms with van der Waals surface area (Å²) in [7, 11) is 0. The van der Waals surface area contributed by atoms with Crippen molar-refractivity contribution in [1.82, 2.24) is 9.88 Å². The molecule has 4 nitrogen and oxygen atoms in total. The molecule has 1 unspecified atom stereocenters. The van der Waals surface area contributed by atoms with E-state index in [0.29, 0.717) is 6.54 Å². The van der Waals surface area contributed by atoms with E-state index >= 15 is 0 Å². The minimum Gasteiger partial charge on any atom is -0.481 e. The largest absolute Gasteiger partial charge is 0.481 e. The van der Waals surface area contributed by atoms with Crippen LogP contribution in [0.2, 0.25) is 0 Å². The zero-order valence-electron chi connectivity index (χ0n) is 9.98. The molecular formula is C14H11BrN2O2. The highest BCUT2D eigenvalue weighted by atomic mass is 79.9. The second-order valence-electron chi connectivity index (χ2n) is 5.02. The molecule has 0 bridgehead atoms. The maximum atomic E-state index is 11.2. The Kier molecular flexibility index (Phi) is 2.12. The number of nitrogens with one attached hydrogen (secondary N) is 1. The van der Waals surface area contributed by atoms with Gasteiger partial charge in [-0.15, -0.1) is 0 Å². The fourth-order valence-electron chi connectivity index (χ4n) is 3.08. The van der Waals surface area contributed by atoms with Crippen LogP contribution in [0.15, 0.2) is 28.9 Å². The molecule has 19 heavy (non-hydrogen) atoms. The molecule has 1 aromatic carbocycles. The minimum atomic E-state index is -0.751. The summed E-state index contributed by atoms with van der Waals surface area (Å²) in [6.45, 7) is 1.31. The van der Waals surface area contributed by atoms with Gasteiger partial charge in [0.2, 0.25) is 0 Å². The first kappa shape index (κ1) is 11.1. The quantitative estimate of drug-likeness (QED) is 0.850. The van der Waals surface area contributed by atoms with E-state index in [1.807, 2.05) is 18.2 Å². The molecule has 1 aromatic heterocycles. The Morgan fingerprint density at radius 2 is 2.32 bits per heavy atom. The van der Waals surface area contributed by atoms with Gasteiger partial charge in [0.25, 0.3) is 0 Å². The molecule has 1 atom stereocenters. The number of rotatable bonds is 1. The highest BCUT2D eigenvalue weighted by Gasteiger charge is 2.34. The van der Waals surface area contributed by atoms with E-state index in [0.717, 1.165) is 27.9 Å². The first-order valence-electron chi connectivity index (χ1n) is 6.14. The van der Waals surface area contributed by atoms with Crippen LogP contribution in [-0.2, 0) is 11.3 Å². The topological polar surface area (TPSA) is 56.3 Å². The van der Waals surface area contributed by atoms with E-state index in [-0.39, 0.29) is 0 Å². The molecule has 4 rings (SSSR count). The average Bonchev–Trinajstić information content (AvgIpc) is 2.94. The van der Waals surface area contributed by atoms with Crippen LogP contribution in [0.3, 0.4) is 0 Å². The molecule has 0 saturated carbocycles. The summed E-state index contributed by atoms with van der Waals surface area (Å²) in [5, 5.41) is 10.4. The first-order chi connectivity index (χ1) is 9.15. The molecule has 96 valence electrons. The van der Waals surface area contributed by atoms with Crippen molar-refractivity contribution in [2.24, 2.45) is 5.92 Å². The summed E-state index contributed by atoms with van der Waals surface area (Å²) in [6.07, 6.45) is 1.88. The molecule has 2 N–H and O–H groups in total. The Bertz CT molecular complexity index is 747. The van der Waals surface area contributed by atoms with Crippen LogP contribution < -0.4 is 0 Å². The smallest absolute Gasteiger partial charge is 0.312 e. The van der Waals surface area contributed by atoms with Crippen molar-refractivity contribution in [3.63, 3.8) is 0 Å². The number of fused-ring (bicyclic) bond motifs is 2. The van der Waals surface area contributed by atoms with E-state index in [9.17, 15) is 9.90 Å². The lowest BCUT2D eigenvalue weighted by molar-refractivity contribution is -0.140. The number of hydrogen-bond acceptors (Lipinski definition) is 2. The van der Waals surface area contributed by atoms with Gasteiger partial charge >= 0.3 is 5.97 Å². The van der Waals surface area contributed by atoms with Gasteiger partial charge in [0.05, 0.1) is 10.5 Å². The van der Waals surface area contributed by atoms with Gasteiger partial charge in [-0.3, -0.25) is 4.79 Å². The Labute approximate surface area is 117 Å². The predicted octanol–water partition coefficient (Wildman–Crippen LogP) is 2.80. The number of carboxylic acids is 1. The van der Waals surface area contributed by atoms with Crippen molar-refractivity contribution in [2.75, 3.05) is 6.54 Å². The number of benzene rings is 1. The molecule has 5 heteroatoms. The lowest BCUT2D eigenvalue weighted by Gasteiger charge is -2.28. The lowest BCUT2D eigenvalue weighted by Crippen LogP contribution is -2.26. The Morgan fingerprint density at radius 1 is 1.47 bits per heavy atom. The SMILES string of the molecule is O=C(O)C1C=C2c3cccc4[nH]c(Br)c(c34)CN2C1. The summed E-state index contributed by atoms with van der Waals surface area (Å²) in [5.74, 6) is -1.16. The van der Waals surface area contributed by atoms with Crippen LogP contribution >= 0.6 is 15.9 Å². The third-order valence-electron chi connectivity index (χ3n) is 3.93. The molecule has 0 fully saturated rings. The number of aromatic nitrogens is 1. The number of aromatic amines is 1. The average molecular weight is 319 g/mol. The second-order valence-corrected chi connectivity index (χ2v) is 5.82. The number of halogens is 1. The summed E-state index contributed by atoms with van der Waals surface area (Å²) in [4.78, 5) is 16.7. The van der Waals surface area contributed by atoms with Crippen LogP contribution in [0.1, 0.15) is 11.1 Å². The van der Waals surface area contributed by atoms with Gasteiger partial charge in [0.15, 0.2) is 0 Å². The van der Waals surface area contributed by atoms with Crippen molar-refractivity contribution in [1.29, 1.82) is 0 Å². The van der Waals surface area contributed by atoms with Crippen molar-refractivity contribution in [3.8, 4) is 0 Å². The van der Waals surface area contributed by atoms with Crippen LogP contribution in [-0.4, -0.2) is 27.5 Å². The first-order valence-corrected chi connectivity index (χ1v) is 6.93. The van der Waals surface area contributed by atoms with E-state index in [1.54, 1.807) is 0 Å². The van der Waals surface area contributed by atoms with Crippen molar-refractivity contribution >= 4 is 38.5 Å². The molecule has 2 aliphatic rings. The predicted molar refractivity (Wildman–Crippen MR) is 75.5 cm³/mol. The summed E-state index contributed by atoms with van der Waals surface area (Å²) in [5.41, 5.74) is 4.49. The Morgan fingerprint density at radius 3 is 3.11 bits per heavy atom. The number of aliphatic carboxylic acids is 1. The Balaban J connectivity index is 1.98. The zero-order valence-corrected chi connectivity index (χ0v) is 11.6. The molecule has 0 saturated heterocycles. The molecule has 0 spiro atoms. The molecule has 0 radical (unpaired) electrons. The third kappa shape index (κ3) is 1.42.